The van der Waals surface area contributed by atoms with Crippen LogP contribution >= 0.6 is 39.9 Å². The highest BCUT2D eigenvalue weighted by molar-refractivity contribution is 9.10. The summed E-state index contributed by atoms with van der Waals surface area (Å²) in [7, 11) is 1.68. The molecule has 0 atom stereocenters. The Labute approximate surface area is 183 Å². The molecule has 3 rings (SSSR count). The third-order valence-corrected chi connectivity index (χ3v) is 6.32. The highest BCUT2D eigenvalue weighted by Crippen LogP contribution is 2.39. The largest absolute Gasteiger partial charge is 0.490 e. The van der Waals surface area contributed by atoms with Crippen LogP contribution in [0.1, 0.15) is 23.6 Å². The zero-order valence-corrected chi connectivity index (χ0v) is 19.0. The predicted octanol–water partition coefficient (Wildman–Crippen LogP) is 5.57. The predicted molar refractivity (Wildman–Crippen MR) is 122 cm³/mol. The van der Waals surface area contributed by atoms with Crippen molar-refractivity contribution in [2.24, 2.45) is 0 Å². The third-order valence-electron chi connectivity index (χ3n) is 4.25. The fourth-order valence-electron chi connectivity index (χ4n) is 2.69. The van der Waals surface area contributed by atoms with Crippen LogP contribution in [0.15, 0.2) is 45.8 Å². The molecule has 1 heterocycles. The number of thioether (sulfide) groups is 1. The van der Waals surface area contributed by atoms with E-state index in [1.165, 1.54) is 22.2 Å². The average molecular weight is 478 g/mol. The average Bonchev–Trinajstić information content (AvgIpc) is 2.89. The van der Waals surface area contributed by atoms with Crippen LogP contribution in [0.25, 0.3) is 6.08 Å². The first kappa shape index (κ1) is 20.9. The van der Waals surface area contributed by atoms with Gasteiger partial charge in [0.2, 0.25) is 0 Å². The van der Waals surface area contributed by atoms with Gasteiger partial charge in [0.1, 0.15) is 10.9 Å². The molecule has 7 heteroatoms. The van der Waals surface area contributed by atoms with Gasteiger partial charge in [0, 0.05) is 7.05 Å². The van der Waals surface area contributed by atoms with Gasteiger partial charge < -0.3 is 9.47 Å². The van der Waals surface area contributed by atoms with Crippen LogP contribution < -0.4 is 9.47 Å². The van der Waals surface area contributed by atoms with E-state index in [0.29, 0.717) is 33.9 Å². The van der Waals surface area contributed by atoms with Crippen LogP contribution in [0.4, 0.5) is 0 Å². The first-order valence-corrected chi connectivity index (χ1v) is 10.8. The summed E-state index contributed by atoms with van der Waals surface area (Å²) < 4.78 is 13.2. The molecule has 0 aliphatic carbocycles. The van der Waals surface area contributed by atoms with Crippen molar-refractivity contribution < 1.29 is 14.3 Å². The number of aryl methyl sites for hydroxylation is 1. The number of benzene rings is 2. The summed E-state index contributed by atoms with van der Waals surface area (Å²) in [5, 5.41) is 0. The normalized spacial score (nSPS) is 15.4. The number of thiocarbonyl (C=S) groups is 1. The van der Waals surface area contributed by atoms with Gasteiger partial charge in [-0.2, -0.15) is 0 Å². The van der Waals surface area contributed by atoms with Crippen molar-refractivity contribution in [2.45, 2.75) is 20.5 Å². The minimum Gasteiger partial charge on any atom is -0.490 e. The zero-order chi connectivity index (χ0) is 20.3. The molecule has 1 saturated heterocycles. The Morgan fingerprint density at radius 2 is 2.00 bits per heavy atom. The van der Waals surface area contributed by atoms with Crippen molar-refractivity contribution in [1.82, 2.24) is 4.90 Å². The number of likely N-dealkylation sites (N-methyl/N-ethyl adjacent to an activating group) is 1. The van der Waals surface area contributed by atoms with E-state index >= 15 is 0 Å². The zero-order valence-electron chi connectivity index (χ0n) is 15.8. The van der Waals surface area contributed by atoms with Crippen LogP contribution in [-0.4, -0.2) is 28.8 Å². The Balaban J connectivity index is 1.89. The van der Waals surface area contributed by atoms with Gasteiger partial charge >= 0.3 is 0 Å². The van der Waals surface area contributed by atoms with Crippen LogP contribution in [0.2, 0.25) is 0 Å². The van der Waals surface area contributed by atoms with Crippen molar-refractivity contribution >= 4 is 56.2 Å². The summed E-state index contributed by atoms with van der Waals surface area (Å²) in [5.41, 5.74) is 3.13. The quantitative estimate of drug-likeness (QED) is 0.401. The van der Waals surface area contributed by atoms with Crippen molar-refractivity contribution in [1.29, 1.82) is 0 Å². The van der Waals surface area contributed by atoms with Gasteiger partial charge in [-0.3, -0.25) is 9.69 Å². The van der Waals surface area contributed by atoms with E-state index in [1.54, 1.807) is 7.05 Å². The van der Waals surface area contributed by atoms with E-state index in [0.717, 1.165) is 15.6 Å². The van der Waals surface area contributed by atoms with Gasteiger partial charge in [0.25, 0.3) is 5.91 Å². The van der Waals surface area contributed by atoms with Crippen molar-refractivity contribution in [3.63, 3.8) is 0 Å². The van der Waals surface area contributed by atoms with E-state index in [1.807, 2.05) is 43.3 Å². The van der Waals surface area contributed by atoms with Crippen LogP contribution in [0, 0.1) is 6.92 Å². The van der Waals surface area contributed by atoms with Crippen molar-refractivity contribution in [3.8, 4) is 11.5 Å². The Bertz CT molecular complexity index is 959. The smallest absolute Gasteiger partial charge is 0.265 e. The minimum atomic E-state index is -0.0936. The number of carbonyl (C=O) groups is 1. The summed E-state index contributed by atoms with van der Waals surface area (Å²) in [4.78, 5) is 14.3. The van der Waals surface area contributed by atoms with Gasteiger partial charge in [-0.25, -0.2) is 0 Å². The molecule has 1 aliphatic heterocycles. The Hall–Kier alpha value is -1.83. The molecular formula is C21H20BrNO3S2. The standard InChI is InChI=1S/C21H20BrNO3S2/c1-4-25-17-10-14(11-18-20(24)23(3)21(27)28-18)9-16(22)19(17)26-12-15-8-6-5-7-13(15)2/h5-11H,4,12H2,1-3H3/b18-11+. The van der Waals surface area contributed by atoms with Gasteiger partial charge in [-0.05, 0) is 64.7 Å². The van der Waals surface area contributed by atoms with E-state index < -0.39 is 0 Å². The summed E-state index contributed by atoms with van der Waals surface area (Å²) in [6.07, 6.45) is 1.82. The summed E-state index contributed by atoms with van der Waals surface area (Å²) in [6, 6.07) is 11.9. The second kappa shape index (κ2) is 9.11. The molecule has 2 aromatic rings. The van der Waals surface area contributed by atoms with Crippen LogP contribution in [0.3, 0.4) is 0 Å². The lowest BCUT2D eigenvalue weighted by Gasteiger charge is -2.15. The Kier molecular flexibility index (Phi) is 6.80. The van der Waals surface area contributed by atoms with Crippen molar-refractivity contribution in [2.75, 3.05) is 13.7 Å². The van der Waals surface area contributed by atoms with Crippen molar-refractivity contribution in [3.05, 3.63) is 62.5 Å². The van der Waals surface area contributed by atoms with E-state index in [4.69, 9.17) is 21.7 Å². The molecule has 1 aliphatic rings. The lowest BCUT2D eigenvalue weighted by atomic mass is 10.1. The van der Waals surface area contributed by atoms with Crippen LogP contribution in [0.5, 0.6) is 11.5 Å². The minimum absolute atomic E-state index is 0.0936. The number of ether oxygens (including phenoxy) is 2. The highest BCUT2D eigenvalue weighted by Gasteiger charge is 2.28. The van der Waals surface area contributed by atoms with Gasteiger partial charge in [0.15, 0.2) is 11.5 Å². The molecule has 2 aromatic carbocycles. The molecule has 1 fully saturated rings. The molecule has 0 N–H and O–H groups in total. The van der Waals surface area contributed by atoms with E-state index in [9.17, 15) is 4.79 Å². The fourth-order valence-corrected chi connectivity index (χ4v) is 4.45. The molecule has 146 valence electrons. The fraction of sp³-hybridized carbons (Fsp3) is 0.238. The maximum atomic E-state index is 12.3. The third kappa shape index (κ3) is 4.59. The van der Waals surface area contributed by atoms with Gasteiger partial charge in [0.05, 0.1) is 16.0 Å². The Morgan fingerprint density at radius 3 is 2.64 bits per heavy atom. The molecule has 0 bridgehead atoms. The first-order valence-electron chi connectivity index (χ1n) is 8.76. The molecule has 28 heavy (non-hydrogen) atoms. The molecule has 0 radical (unpaired) electrons. The Morgan fingerprint density at radius 1 is 1.25 bits per heavy atom. The number of rotatable bonds is 6. The summed E-state index contributed by atoms with van der Waals surface area (Å²) in [6.45, 7) is 4.94. The lowest BCUT2D eigenvalue weighted by Crippen LogP contribution is -2.22. The van der Waals surface area contributed by atoms with Crippen LogP contribution in [-0.2, 0) is 11.4 Å². The van der Waals surface area contributed by atoms with Gasteiger partial charge in [-0.1, -0.05) is 48.2 Å². The topological polar surface area (TPSA) is 38.8 Å². The number of halogens is 1. The van der Waals surface area contributed by atoms with E-state index in [2.05, 4.69) is 28.9 Å². The number of carbonyl (C=O) groups excluding carboxylic acids is 1. The molecule has 1 amide bonds. The molecule has 0 saturated carbocycles. The number of amides is 1. The first-order chi connectivity index (χ1) is 13.4. The SMILES string of the molecule is CCOc1cc(/C=C2/SC(=S)N(C)C2=O)cc(Br)c1OCc1ccccc1C. The van der Waals surface area contributed by atoms with E-state index in [-0.39, 0.29) is 5.91 Å². The second-order valence-corrected chi connectivity index (χ2v) is 8.75. The second-order valence-electron chi connectivity index (χ2n) is 6.22. The maximum Gasteiger partial charge on any atom is 0.265 e. The van der Waals surface area contributed by atoms with Gasteiger partial charge in [-0.15, -0.1) is 0 Å². The highest BCUT2D eigenvalue weighted by atomic mass is 79.9. The molecule has 4 nitrogen and oxygen atoms in total. The molecule has 0 unspecified atom stereocenters. The molecule has 0 aromatic heterocycles. The summed E-state index contributed by atoms with van der Waals surface area (Å²) in [5.74, 6) is 1.18. The molecular weight excluding hydrogens is 458 g/mol. The number of hydrogen-bond acceptors (Lipinski definition) is 5. The number of nitrogens with zero attached hydrogens (tertiary/aromatic N) is 1. The molecule has 0 spiro atoms. The number of hydrogen-bond donors (Lipinski definition) is 0. The summed E-state index contributed by atoms with van der Waals surface area (Å²) >= 11 is 10.1. The monoisotopic (exact) mass is 477 g/mol. The maximum absolute atomic E-state index is 12.3. The lowest BCUT2D eigenvalue weighted by molar-refractivity contribution is -0.121.